The molecule has 1 aliphatic heterocycles. The highest BCUT2D eigenvalue weighted by Crippen LogP contribution is 2.28. The average Bonchev–Trinajstić information content (AvgIpc) is 3.09. The van der Waals surface area contributed by atoms with E-state index in [9.17, 15) is 9.59 Å². The predicted molar refractivity (Wildman–Crippen MR) is 132 cm³/mol. The van der Waals surface area contributed by atoms with Gasteiger partial charge in [0.05, 0.1) is 22.5 Å². The lowest BCUT2D eigenvalue weighted by molar-refractivity contribution is -0.0948. The fourth-order valence-electron chi connectivity index (χ4n) is 4.44. The van der Waals surface area contributed by atoms with Crippen molar-refractivity contribution in [3.8, 4) is 0 Å². The van der Waals surface area contributed by atoms with Crippen molar-refractivity contribution < 1.29 is 9.53 Å². The van der Waals surface area contributed by atoms with Gasteiger partial charge in [-0.2, -0.15) is 0 Å². The van der Waals surface area contributed by atoms with Crippen LogP contribution in [-0.2, 0) is 11.2 Å². The third-order valence-corrected chi connectivity index (χ3v) is 7.41. The van der Waals surface area contributed by atoms with Crippen molar-refractivity contribution in [1.82, 2.24) is 20.2 Å². The zero-order valence-corrected chi connectivity index (χ0v) is 20.7. The number of morpholine rings is 1. The Morgan fingerprint density at radius 1 is 1.24 bits per heavy atom. The van der Waals surface area contributed by atoms with Crippen LogP contribution in [0.4, 0.5) is 0 Å². The number of ether oxygens (including phenoxy) is 1. The summed E-state index contributed by atoms with van der Waals surface area (Å²) < 4.78 is 5.85. The lowest BCUT2D eigenvalue weighted by atomic mass is 10.00. The number of hydrogen-bond acceptors (Lipinski definition) is 6. The number of aryl methyl sites for hydroxylation is 1. The van der Waals surface area contributed by atoms with Gasteiger partial charge < -0.3 is 15.0 Å². The van der Waals surface area contributed by atoms with Crippen LogP contribution in [0.3, 0.4) is 0 Å². The highest BCUT2D eigenvalue weighted by Gasteiger charge is 2.33. The van der Waals surface area contributed by atoms with E-state index in [-0.39, 0.29) is 29.2 Å². The summed E-state index contributed by atoms with van der Waals surface area (Å²) in [5, 5.41) is 3.59. The van der Waals surface area contributed by atoms with E-state index in [1.165, 1.54) is 11.3 Å². The second-order valence-corrected chi connectivity index (χ2v) is 10.6. The SMILES string of the molecule is Cc1c(C(=O)NCC(C)(C)N2CC(C)OC(C)C2)sc2nc(Cc3ccccc3)[nH]c(=O)c12. The second kappa shape index (κ2) is 9.37. The van der Waals surface area contributed by atoms with Crippen molar-refractivity contribution in [2.75, 3.05) is 19.6 Å². The van der Waals surface area contributed by atoms with Crippen LogP contribution in [0.15, 0.2) is 35.1 Å². The predicted octanol–water partition coefficient (Wildman–Crippen LogP) is 3.50. The van der Waals surface area contributed by atoms with Crippen LogP contribution in [0, 0.1) is 6.92 Å². The fourth-order valence-corrected chi connectivity index (χ4v) is 5.56. The van der Waals surface area contributed by atoms with Crippen molar-refractivity contribution in [2.24, 2.45) is 0 Å². The van der Waals surface area contributed by atoms with Gasteiger partial charge in [0.2, 0.25) is 0 Å². The maximum Gasteiger partial charge on any atom is 0.261 e. The van der Waals surface area contributed by atoms with Crippen molar-refractivity contribution in [2.45, 2.75) is 58.8 Å². The Kier molecular flexibility index (Phi) is 6.70. The van der Waals surface area contributed by atoms with Gasteiger partial charge in [-0.1, -0.05) is 30.3 Å². The molecule has 7 nitrogen and oxygen atoms in total. The second-order valence-electron chi connectivity index (χ2n) is 9.57. The van der Waals surface area contributed by atoms with E-state index in [2.05, 4.69) is 47.9 Å². The maximum atomic E-state index is 13.1. The number of hydrogen-bond donors (Lipinski definition) is 2. The number of amides is 1. The molecule has 0 bridgehead atoms. The van der Waals surface area contributed by atoms with E-state index in [0.29, 0.717) is 39.4 Å². The number of rotatable bonds is 6. The summed E-state index contributed by atoms with van der Waals surface area (Å²) in [4.78, 5) is 36.9. The van der Waals surface area contributed by atoms with Gasteiger partial charge in [-0.3, -0.25) is 14.5 Å². The van der Waals surface area contributed by atoms with Gasteiger partial charge in [0, 0.05) is 31.6 Å². The lowest BCUT2D eigenvalue weighted by Gasteiger charge is -2.45. The maximum absolute atomic E-state index is 13.1. The smallest absolute Gasteiger partial charge is 0.261 e. The molecule has 176 valence electrons. The minimum atomic E-state index is -0.217. The Morgan fingerprint density at radius 2 is 1.91 bits per heavy atom. The molecule has 2 unspecified atom stereocenters. The number of thiophene rings is 1. The Labute approximate surface area is 198 Å². The standard InChI is InChI=1S/C25H32N4O3S/c1-15-12-29(13-16(2)32-15)25(4,5)14-26-23(31)21-17(3)20-22(30)27-19(28-24(20)33-21)11-18-9-7-6-8-10-18/h6-10,15-16H,11-14H2,1-5H3,(H,26,31)(H,27,28,30). The molecular formula is C25H32N4O3S. The molecule has 33 heavy (non-hydrogen) atoms. The Balaban J connectivity index is 1.51. The van der Waals surface area contributed by atoms with Gasteiger partial charge in [0.1, 0.15) is 10.7 Å². The van der Waals surface area contributed by atoms with E-state index >= 15 is 0 Å². The van der Waals surface area contributed by atoms with Crippen LogP contribution in [0.25, 0.3) is 10.2 Å². The first-order valence-electron chi connectivity index (χ1n) is 11.4. The summed E-state index contributed by atoms with van der Waals surface area (Å²) in [5.74, 6) is 0.436. The van der Waals surface area contributed by atoms with Crippen molar-refractivity contribution in [3.05, 3.63) is 62.5 Å². The molecule has 3 aromatic rings. The summed E-state index contributed by atoms with van der Waals surface area (Å²) in [7, 11) is 0. The first kappa shape index (κ1) is 23.6. The third-order valence-electron chi connectivity index (χ3n) is 6.23. The molecule has 2 atom stereocenters. The number of fused-ring (bicyclic) bond motifs is 1. The highest BCUT2D eigenvalue weighted by molar-refractivity contribution is 7.20. The Bertz CT molecular complexity index is 1190. The average molecular weight is 469 g/mol. The highest BCUT2D eigenvalue weighted by atomic mass is 32.1. The minimum Gasteiger partial charge on any atom is -0.373 e. The van der Waals surface area contributed by atoms with Gasteiger partial charge in [0.15, 0.2) is 0 Å². The van der Waals surface area contributed by atoms with Crippen LogP contribution in [0.5, 0.6) is 0 Å². The summed E-state index contributed by atoms with van der Waals surface area (Å²) >= 11 is 1.28. The van der Waals surface area contributed by atoms with E-state index in [1.54, 1.807) is 0 Å². The quantitative estimate of drug-likeness (QED) is 0.578. The topological polar surface area (TPSA) is 87.3 Å². The van der Waals surface area contributed by atoms with Gasteiger partial charge in [-0.25, -0.2) is 4.98 Å². The number of benzene rings is 1. The number of carbonyl (C=O) groups is 1. The molecule has 0 spiro atoms. The number of aromatic amines is 1. The van der Waals surface area contributed by atoms with E-state index in [1.807, 2.05) is 37.3 Å². The van der Waals surface area contributed by atoms with Gasteiger partial charge in [-0.05, 0) is 45.7 Å². The zero-order chi connectivity index (χ0) is 23.8. The summed E-state index contributed by atoms with van der Waals surface area (Å²) in [6.07, 6.45) is 0.864. The van der Waals surface area contributed by atoms with E-state index in [0.717, 1.165) is 18.7 Å². The Morgan fingerprint density at radius 3 is 2.58 bits per heavy atom. The summed E-state index contributed by atoms with van der Waals surface area (Å²) in [5.41, 5.74) is 1.33. The summed E-state index contributed by atoms with van der Waals surface area (Å²) in [6.45, 7) is 12.4. The van der Waals surface area contributed by atoms with Gasteiger partial charge in [-0.15, -0.1) is 11.3 Å². The molecule has 1 aliphatic rings. The molecule has 0 radical (unpaired) electrons. The molecule has 4 rings (SSSR count). The molecule has 1 saturated heterocycles. The first-order chi connectivity index (χ1) is 15.6. The molecule has 1 amide bonds. The van der Waals surface area contributed by atoms with Crippen molar-refractivity contribution in [1.29, 1.82) is 0 Å². The largest absolute Gasteiger partial charge is 0.373 e. The third kappa shape index (κ3) is 5.18. The Hall–Kier alpha value is -2.55. The van der Waals surface area contributed by atoms with E-state index < -0.39 is 0 Å². The van der Waals surface area contributed by atoms with E-state index in [4.69, 9.17) is 4.74 Å². The zero-order valence-electron chi connectivity index (χ0n) is 19.9. The number of nitrogens with zero attached hydrogens (tertiary/aromatic N) is 2. The van der Waals surface area contributed by atoms with Crippen molar-refractivity contribution >= 4 is 27.5 Å². The first-order valence-corrected chi connectivity index (χ1v) is 12.2. The number of H-pyrrole nitrogens is 1. The number of aromatic nitrogens is 2. The van der Waals surface area contributed by atoms with Crippen LogP contribution in [0.2, 0.25) is 0 Å². The lowest BCUT2D eigenvalue weighted by Crippen LogP contribution is -2.58. The van der Waals surface area contributed by atoms with Gasteiger partial charge >= 0.3 is 0 Å². The monoisotopic (exact) mass is 468 g/mol. The summed E-state index contributed by atoms with van der Waals surface area (Å²) in [6, 6.07) is 9.88. The molecule has 0 aliphatic carbocycles. The molecule has 0 saturated carbocycles. The van der Waals surface area contributed by atoms with Crippen LogP contribution in [-0.4, -0.2) is 58.2 Å². The van der Waals surface area contributed by atoms with Crippen molar-refractivity contribution in [3.63, 3.8) is 0 Å². The van der Waals surface area contributed by atoms with Crippen LogP contribution < -0.4 is 10.9 Å². The van der Waals surface area contributed by atoms with Crippen LogP contribution >= 0.6 is 11.3 Å². The molecule has 2 N–H and O–H groups in total. The molecular weight excluding hydrogens is 436 g/mol. The molecule has 2 aromatic heterocycles. The fraction of sp³-hybridized carbons (Fsp3) is 0.480. The molecule has 3 heterocycles. The van der Waals surface area contributed by atoms with Crippen LogP contribution in [0.1, 0.15) is 54.3 Å². The number of carbonyl (C=O) groups excluding carboxylic acids is 1. The van der Waals surface area contributed by atoms with Gasteiger partial charge in [0.25, 0.3) is 11.5 Å². The normalized spacial score (nSPS) is 19.7. The molecule has 1 fully saturated rings. The number of nitrogens with one attached hydrogen (secondary N) is 2. The minimum absolute atomic E-state index is 0.163. The molecule has 8 heteroatoms. The molecule has 1 aromatic carbocycles.